The quantitative estimate of drug-likeness (QED) is 0.547. The number of sulfone groups is 1. The van der Waals surface area contributed by atoms with Gasteiger partial charge in [0, 0.05) is 17.5 Å². The van der Waals surface area contributed by atoms with Crippen molar-refractivity contribution in [3.05, 3.63) is 52.4 Å². The fraction of sp³-hybridized carbons (Fsp3) is 0.333. The van der Waals surface area contributed by atoms with Crippen molar-refractivity contribution in [2.75, 3.05) is 11.5 Å². The molecule has 7 heteroatoms. The van der Waals surface area contributed by atoms with Gasteiger partial charge in [0.25, 0.3) is 0 Å². The van der Waals surface area contributed by atoms with Crippen LogP contribution in [0.2, 0.25) is 0 Å². The Labute approximate surface area is 154 Å². The smallest absolute Gasteiger partial charge is 0.163 e. The van der Waals surface area contributed by atoms with E-state index in [9.17, 15) is 17.6 Å². The number of Topliss-reactive ketones (excluding diaryl/α,β-unsaturated/α-hetero) is 1. The van der Waals surface area contributed by atoms with E-state index in [2.05, 4.69) is 20.9 Å². The molecule has 1 unspecified atom stereocenters. The molecule has 2 aromatic rings. The molecular weight excluding hydrogens is 409 g/mol. The van der Waals surface area contributed by atoms with Gasteiger partial charge in [0.15, 0.2) is 15.6 Å². The van der Waals surface area contributed by atoms with Gasteiger partial charge < -0.3 is 0 Å². The summed E-state index contributed by atoms with van der Waals surface area (Å²) in [4.78, 5) is 17.0. The molecule has 1 aromatic heterocycles. The molecule has 0 saturated carbocycles. The van der Waals surface area contributed by atoms with E-state index in [0.717, 1.165) is 0 Å². The third-order valence-electron chi connectivity index (χ3n) is 4.43. The van der Waals surface area contributed by atoms with E-state index >= 15 is 0 Å². The molecule has 132 valence electrons. The summed E-state index contributed by atoms with van der Waals surface area (Å²) in [7, 11) is -3.05. The summed E-state index contributed by atoms with van der Waals surface area (Å²) in [6, 6.07) is 9.16. The largest absolute Gasteiger partial charge is 0.294 e. The molecule has 1 aromatic carbocycles. The van der Waals surface area contributed by atoms with E-state index in [4.69, 9.17) is 0 Å². The molecule has 25 heavy (non-hydrogen) atoms. The van der Waals surface area contributed by atoms with Gasteiger partial charge >= 0.3 is 0 Å². The third-order valence-corrected chi connectivity index (χ3v) is 6.80. The second-order valence-electron chi connectivity index (χ2n) is 6.82. The Kier molecular flexibility index (Phi) is 4.81. The zero-order valence-corrected chi connectivity index (χ0v) is 16.0. The van der Waals surface area contributed by atoms with E-state index in [-0.39, 0.29) is 29.5 Å². The summed E-state index contributed by atoms with van der Waals surface area (Å²) in [5.41, 5.74) is 1.20. The van der Waals surface area contributed by atoms with Crippen molar-refractivity contribution in [1.29, 1.82) is 0 Å². The first-order valence-electron chi connectivity index (χ1n) is 7.83. The van der Waals surface area contributed by atoms with Crippen molar-refractivity contribution in [2.24, 2.45) is 5.41 Å². The number of nitrogens with zero attached hydrogens (tertiary/aromatic N) is 1. The minimum absolute atomic E-state index is 0.0445. The topological polar surface area (TPSA) is 64.1 Å². The van der Waals surface area contributed by atoms with Crippen LogP contribution in [-0.4, -0.2) is 30.7 Å². The van der Waals surface area contributed by atoms with Gasteiger partial charge in [0.1, 0.15) is 10.4 Å². The molecule has 4 nitrogen and oxygen atoms in total. The highest BCUT2D eigenvalue weighted by atomic mass is 79.9. The van der Waals surface area contributed by atoms with Crippen LogP contribution in [0.1, 0.15) is 30.1 Å². The molecule has 2 heterocycles. The highest BCUT2D eigenvalue weighted by molar-refractivity contribution is 9.10. The Morgan fingerprint density at radius 3 is 2.56 bits per heavy atom. The minimum atomic E-state index is -3.05. The van der Waals surface area contributed by atoms with E-state index in [1.165, 1.54) is 12.1 Å². The maximum absolute atomic E-state index is 13.1. The number of benzene rings is 1. The van der Waals surface area contributed by atoms with Gasteiger partial charge in [-0.25, -0.2) is 17.8 Å². The second-order valence-corrected chi connectivity index (χ2v) is 9.82. The number of rotatable bonds is 4. The minimum Gasteiger partial charge on any atom is -0.294 e. The maximum atomic E-state index is 13.1. The first-order chi connectivity index (χ1) is 11.7. The number of carbonyl (C=O) groups is 1. The molecule has 1 aliphatic rings. The number of aromatic nitrogens is 1. The predicted octanol–water partition coefficient (Wildman–Crippen LogP) is 4.05. The molecule has 0 spiro atoms. The van der Waals surface area contributed by atoms with Gasteiger partial charge in [0.05, 0.1) is 17.2 Å². The maximum Gasteiger partial charge on any atom is 0.163 e. The van der Waals surface area contributed by atoms with E-state index in [0.29, 0.717) is 27.8 Å². The summed E-state index contributed by atoms with van der Waals surface area (Å²) >= 11 is 3.30. The Balaban J connectivity index is 1.87. The van der Waals surface area contributed by atoms with Gasteiger partial charge in [-0.1, -0.05) is 6.92 Å². The monoisotopic (exact) mass is 425 g/mol. The lowest BCUT2D eigenvalue weighted by atomic mass is 9.83. The Morgan fingerprint density at radius 2 is 1.96 bits per heavy atom. The van der Waals surface area contributed by atoms with Crippen LogP contribution < -0.4 is 0 Å². The molecular formula is C18H17BrFNO3S. The highest BCUT2D eigenvalue weighted by Crippen LogP contribution is 2.36. The fourth-order valence-electron chi connectivity index (χ4n) is 3.13. The molecule has 1 aliphatic heterocycles. The van der Waals surface area contributed by atoms with Gasteiger partial charge in [-0.3, -0.25) is 4.79 Å². The summed E-state index contributed by atoms with van der Waals surface area (Å²) in [5.74, 6) is -0.281. The zero-order chi connectivity index (χ0) is 18.2. The lowest BCUT2D eigenvalue weighted by molar-refractivity contribution is 0.0934. The summed E-state index contributed by atoms with van der Waals surface area (Å²) in [6.45, 7) is 1.84. The average molecular weight is 426 g/mol. The predicted molar refractivity (Wildman–Crippen MR) is 97.7 cm³/mol. The van der Waals surface area contributed by atoms with Crippen molar-refractivity contribution >= 4 is 31.6 Å². The number of hydrogen-bond acceptors (Lipinski definition) is 4. The van der Waals surface area contributed by atoms with Gasteiger partial charge in [-0.05, 0) is 64.2 Å². The molecule has 0 N–H and O–H groups in total. The van der Waals surface area contributed by atoms with Gasteiger partial charge in [0.2, 0.25) is 0 Å². The molecule has 1 atom stereocenters. The van der Waals surface area contributed by atoms with Crippen LogP contribution in [-0.2, 0) is 9.84 Å². The molecule has 0 aliphatic carbocycles. The van der Waals surface area contributed by atoms with Crippen LogP contribution in [0.3, 0.4) is 0 Å². The highest BCUT2D eigenvalue weighted by Gasteiger charge is 2.39. The number of pyridine rings is 1. The van der Waals surface area contributed by atoms with E-state index < -0.39 is 15.3 Å². The van der Waals surface area contributed by atoms with Crippen LogP contribution >= 0.6 is 15.9 Å². The third kappa shape index (κ3) is 4.33. The van der Waals surface area contributed by atoms with Crippen molar-refractivity contribution < 1.29 is 17.6 Å². The van der Waals surface area contributed by atoms with Crippen molar-refractivity contribution in [3.63, 3.8) is 0 Å². The number of carbonyl (C=O) groups excluding carboxylic acids is 1. The average Bonchev–Trinajstić information content (AvgIpc) is 2.80. The first-order valence-corrected chi connectivity index (χ1v) is 10.4. The SMILES string of the molecule is CC1(CC(=O)c2cc(Br)nc(-c3ccc(F)cc3)c2)CCS(=O)(=O)C1. The molecule has 0 amide bonds. The van der Waals surface area contributed by atoms with Crippen LogP contribution in [0.25, 0.3) is 11.3 Å². The van der Waals surface area contributed by atoms with Crippen LogP contribution in [0.5, 0.6) is 0 Å². The Morgan fingerprint density at radius 1 is 1.28 bits per heavy atom. The zero-order valence-electron chi connectivity index (χ0n) is 13.6. The summed E-state index contributed by atoms with van der Waals surface area (Å²) in [6.07, 6.45) is 0.670. The van der Waals surface area contributed by atoms with Crippen LogP contribution in [0.15, 0.2) is 41.0 Å². The number of hydrogen-bond donors (Lipinski definition) is 0. The summed E-state index contributed by atoms with van der Waals surface area (Å²) in [5, 5.41) is 0. The Hall–Kier alpha value is -1.60. The first kappa shape index (κ1) is 18.2. The van der Waals surface area contributed by atoms with Crippen molar-refractivity contribution in [1.82, 2.24) is 4.98 Å². The van der Waals surface area contributed by atoms with Crippen molar-refractivity contribution in [3.8, 4) is 11.3 Å². The Bertz CT molecular complexity index is 928. The molecule has 0 radical (unpaired) electrons. The molecule has 3 rings (SSSR count). The van der Waals surface area contributed by atoms with E-state index in [1.807, 2.05) is 6.92 Å². The number of ketones is 1. The lowest BCUT2D eigenvalue weighted by Gasteiger charge is -2.20. The van der Waals surface area contributed by atoms with Crippen molar-refractivity contribution in [2.45, 2.75) is 19.8 Å². The molecule has 0 bridgehead atoms. The van der Waals surface area contributed by atoms with Gasteiger partial charge in [-0.15, -0.1) is 0 Å². The van der Waals surface area contributed by atoms with Crippen LogP contribution in [0.4, 0.5) is 4.39 Å². The normalized spacial score (nSPS) is 22.0. The molecule has 1 fully saturated rings. The number of halogens is 2. The second kappa shape index (κ2) is 6.61. The summed E-state index contributed by atoms with van der Waals surface area (Å²) < 4.78 is 37.0. The molecule has 1 saturated heterocycles. The standard InChI is InChI=1S/C18H17BrFNO3S/c1-18(6-7-25(23,24)11-18)10-16(22)13-8-15(21-17(19)9-13)12-2-4-14(20)5-3-12/h2-5,8-9H,6-7,10-11H2,1H3. The van der Waals surface area contributed by atoms with E-state index in [1.54, 1.807) is 24.3 Å². The van der Waals surface area contributed by atoms with Crippen LogP contribution in [0, 0.1) is 11.2 Å². The lowest BCUT2D eigenvalue weighted by Crippen LogP contribution is -2.22. The van der Waals surface area contributed by atoms with Gasteiger partial charge in [-0.2, -0.15) is 0 Å². The fourth-order valence-corrected chi connectivity index (χ4v) is 5.83.